The lowest BCUT2D eigenvalue weighted by atomic mass is 10.3. The molecule has 23 heavy (non-hydrogen) atoms. The summed E-state index contributed by atoms with van der Waals surface area (Å²) in [4.78, 5) is 34.3. The van der Waals surface area contributed by atoms with E-state index in [0.29, 0.717) is 10.8 Å². The summed E-state index contributed by atoms with van der Waals surface area (Å²) < 4.78 is 5.13. The lowest BCUT2D eigenvalue weighted by Crippen LogP contribution is -2.09. The Morgan fingerprint density at radius 2 is 1.87 bits per heavy atom. The molecule has 0 N–H and O–H groups in total. The fourth-order valence-electron chi connectivity index (χ4n) is 1.67. The molecule has 2 aromatic heterocycles. The van der Waals surface area contributed by atoms with Crippen molar-refractivity contribution in [3.8, 4) is 16.6 Å². The number of aromatic nitrogens is 3. The number of carbonyl (C=O) groups is 1. The van der Waals surface area contributed by atoms with E-state index >= 15 is 0 Å². The van der Waals surface area contributed by atoms with Crippen LogP contribution < -0.4 is 4.74 Å². The summed E-state index contributed by atoms with van der Waals surface area (Å²) in [6.07, 6.45) is 3.16. The Balaban J connectivity index is 1.74. The van der Waals surface area contributed by atoms with E-state index in [2.05, 4.69) is 15.0 Å². The predicted molar refractivity (Wildman–Crippen MR) is 81.2 cm³/mol. The molecular formula is C14H8N4O4S. The van der Waals surface area contributed by atoms with Gasteiger partial charge in [-0.2, -0.15) is 0 Å². The molecule has 0 radical (unpaired) electrons. The van der Waals surface area contributed by atoms with E-state index in [1.807, 2.05) is 0 Å². The molecule has 8 nitrogen and oxygen atoms in total. The first kappa shape index (κ1) is 14.7. The van der Waals surface area contributed by atoms with E-state index in [1.165, 1.54) is 35.6 Å². The van der Waals surface area contributed by atoms with Gasteiger partial charge in [-0.25, -0.2) is 19.7 Å². The number of rotatable bonds is 4. The van der Waals surface area contributed by atoms with Crippen molar-refractivity contribution < 1.29 is 14.5 Å². The highest BCUT2D eigenvalue weighted by Crippen LogP contribution is 2.22. The molecule has 0 fully saturated rings. The second kappa shape index (κ2) is 6.28. The molecule has 0 amide bonds. The van der Waals surface area contributed by atoms with Crippen molar-refractivity contribution >= 4 is 23.0 Å². The molecule has 1 aromatic carbocycles. The summed E-state index contributed by atoms with van der Waals surface area (Å²) in [6.45, 7) is 0. The third-order valence-electron chi connectivity index (χ3n) is 2.73. The maximum Gasteiger partial charge on any atom is 0.363 e. The number of ether oxygens (including phenoxy) is 1. The quantitative estimate of drug-likeness (QED) is 0.313. The normalized spacial score (nSPS) is 10.3. The van der Waals surface area contributed by atoms with Gasteiger partial charge in [-0.05, 0) is 18.2 Å². The van der Waals surface area contributed by atoms with Gasteiger partial charge in [0.1, 0.15) is 5.75 Å². The maximum absolute atomic E-state index is 12.0. The van der Waals surface area contributed by atoms with E-state index in [0.717, 1.165) is 0 Å². The Hall–Kier alpha value is -3.20. The van der Waals surface area contributed by atoms with Gasteiger partial charge in [0.2, 0.25) is 0 Å². The van der Waals surface area contributed by atoms with Gasteiger partial charge in [-0.3, -0.25) is 10.1 Å². The van der Waals surface area contributed by atoms with Gasteiger partial charge in [-0.15, -0.1) is 11.3 Å². The number of benzene rings is 1. The van der Waals surface area contributed by atoms with Crippen LogP contribution in [0.3, 0.4) is 0 Å². The molecule has 114 valence electrons. The van der Waals surface area contributed by atoms with Crippen LogP contribution in [0.25, 0.3) is 10.8 Å². The monoisotopic (exact) mass is 328 g/mol. The topological polar surface area (TPSA) is 108 Å². The van der Waals surface area contributed by atoms with Crippen LogP contribution >= 0.6 is 11.3 Å². The number of carbonyl (C=O) groups excluding carboxylic acids is 1. The zero-order valence-corrected chi connectivity index (χ0v) is 12.3. The zero-order chi connectivity index (χ0) is 16.2. The Labute approximate surface area is 133 Å². The fraction of sp³-hybridized carbons (Fsp3) is 0. The van der Waals surface area contributed by atoms with Crippen LogP contribution in [-0.4, -0.2) is 25.8 Å². The van der Waals surface area contributed by atoms with Gasteiger partial charge in [0.05, 0.1) is 4.92 Å². The van der Waals surface area contributed by atoms with Crippen molar-refractivity contribution in [2.45, 2.75) is 0 Å². The summed E-state index contributed by atoms with van der Waals surface area (Å²) in [5.74, 6) is -0.0321. The lowest BCUT2D eigenvalue weighted by molar-refractivity contribution is -0.384. The van der Waals surface area contributed by atoms with E-state index in [-0.39, 0.29) is 17.1 Å². The highest BCUT2D eigenvalue weighted by Gasteiger charge is 2.16. The summed E-state index contributed by atoms with van der Waals surface area (Å²) in [6, 6.07) is 6.90. The van der Waals surface area contributed by atoms with Gasteiger partial charge in [0.15, 0.2) is 16.5 Å². The largest absolute Gasteiger partial charge is 0.422 e. The Morgan fingerprint density at radius 1 is 1.17 bits per heavy atom. The van der Waals surface area contributed by atoms with Crippen LogP contribution in [0, 0.1) is 10.1 Å². The van der Waals surface area contributed by atoms with Crippen LogP contribution in [0.4, 0.5) is 5.69 Å². The molecule has 3 aromatic rings. The molecule has 0 saturated heterocycles. The summed E-state index contributed by atoms with van der Waals surface area (Å²) >= 11 is 1.22. The van der Waals surface area contributed by atoms with Crippen LogP contribution in [0.5, 0.6) is 5.75 Å². The summed E-state index contributed by atoms with van der Waals surface area (Å²) in [7, 11) is 0. The first-order valence-corrected chi connectivity index (χ1v) is 7.21. The minimum Gasteiger partial charge on any atom is -0.422 e. The second-order valence-corrected chi connectivity index (χ2v) is 5.11. The average molecular weight is 328 g/mol. The standard InChI is InChI=1S/C14H8N4O4S/c19-14(22-10-4-2-9(3-5-10)18(20)21)11-8-23-13(17-11)12-15-6-1-7-16-12/h1-8H. The molecule has 0 aliphatic rings. The first-order chi connectivity index (χ1) is 11.1. The first-order valence-electron chi connectivity index (χ1n) is 6.33. The second-order valence-electron chi connectivity index (χ2n) is 4.25. The average Bonchev–Trinajstić information content (AvgIpc) is 3.06. The highest BCUT2D eigenvalue weighted by molar-refractivity contribution is 7.13. The molecule has 9 heteroatoms. The third kappa shape index (κ3) is 3.35. The van der Waals surface area contributed by atoms with Crippen molar-refractivity contribution in [2.24, 2.45) is 0 Å². The van der Waals surface area contributed by atoms with E-state index in [4.69, 9.17) is 4.74 Å². The van der Waals surface area contributed by atoms with Crippen molar-refractivity contribution in [1.82, 2.24) is 15.0 Å². The molecule has 3 rings (SSSR count). The molecule has 0 bridgehead atoms. The summed E-state index contributed by atoms with van der Waals surface area (Å²) in [5, 5.41) is 12.6. The van der Waals surface area contributed by atoms with Crippen molar-refractivity contribution in [3.63, 3.8) is 0 Å². The molecule has 2 heterocycles. The van der Waals surface area contributed by atoms with Crippen LogP contribution in [0.2, 0.25) is 0 Å². The Morgan fingerprint density at radius 3 is 2.52 bits per heavy atom. The van der Waals surface area contributed by atoms with Crippen LogP contribution in [0.1, 0.15) is 10.5 Å². The number of nitrogens with zero attached hydrogens (tertiary/aromatic N) is 4. The molecule has 0 aliphatic heterocycles. The maximum atomic E-state index is 12.0. The number of nitro benzene ring substituents is 1. The molecule has 0 spiro atoms. The molecule has 0 saturated carbocycles. The minimum atomic E-state index is -0.655. The molecule has 0 aliphatic carbocycles. The Bertz CT molecular complexity index is 849. The van der Waals surface area contributed by atoms with Gasteiger partial charge < -0.3 is 4.74 Å². The number of non-ortho nitro benzene ring substituents is 1. The third-order valence-corrected chi connectivity index (χ3v) is 3.57. The van der Waals surface area contributed by atoms with E-state index in [1.54, 1.807) is 23.8 Å². The summed E-state index contributed by atoms with van der Waals surface area (Å²) in [5.41, 5.74) is 0.0396. The minimum absolute atomic E-state index is 0.0815. The van der Waals surface area contributed by atoms with Gasteiger partial charge in [0, 0.05) is 29.9 Å². The number of esters is 1. The fourth-order valence-corrected chi connectivity index (χ4v) is 2.41. The number of nitro groups is 1. The Kier molecular flexibility index (Phi) is 4.02. The predicted octanol–water partition coefficient (Wildman–Crippen LogP) is 2.73. The van der Waals surface area contributed by atoms with Gasteiger partial charge >= 0.3 is 5.97 Å². The molecule has 0 atom stereocenters. The van der Waals surface area contributed by atoms with E-state index in [9.17, 15) is 14.9 Å². The van der Waals surface area contributed by atoms with E-state index < -0.39 is 10.9 Å². The molecule has 0 unspecified atom stereocenters. The number of hydrogen-bond donors (Lipinski definition) is 0. The van der Waals surface area contributed by atoms with Gasteiger partial charge in [0.25, 0.3) is 5.69 Å². The van der Waals surface area contributed by atoms with Crippen molar-refractivity contribution in [1.29, 1.82) is 0 Å². The smallest absolute Gasteiger partial charge is 0.363 e. The highest BCUT2D eigenvalue weighted by atomic mass is 32.1. The van der Waals surface area contributed by atoms with Gasteiger partial charge in [-0.1, -0.05) is 0 Å². The number of hydrogen-bond acceptors (Lipinski definition) is 8. The van der Waals surface area contributed by atoms with Crippen LogP contribution in [-0.2, 0) is 0 Å². The zero-order valence-electron chi connectivity index (χ0n) is 11.4. The SMILES string of the molecule is O=C(Oc1ccc([N+](=O)[O-])cc1)c1csc(-c2ncccn2)n1. The number of thiazole rings is 1. The van der Waals surface area contributed by atoms with Crippen molar-refractivity contribution in [2.75, 3.05) is 0 Å². The van der Waals surface area contributed by atoms with Crippen LogP contribution in [0.15, 0.2) is 48.1 Å². The van der Waals surface area contributed by atoms with Crippen molar-refractivity contribution in [3.05, 3.63) is 63.9 Å². The lowest BCUT2D eigenvalue weighted by Gasteiger charge is -2.01. The molecular weight excluding hydrogens is 320 g/mol.